The van der Waals surface area contributed by atoms with Gasteiger partial charge in [-0.05, 0) is 49.2 Å². The van der Waals surface area contributed by atoms with Crippen LogP contribution in [0.1, 0.15) is 44.4 Å². The molecular formula is C14H25N3. The predicted octanol–water partition coefficient (Wildman–Crippen LogP) is 2.33. The van der Waals surface area contributed by atoms with Gasteiger partial charge in [-0.15, -0.1) is 0 Å². The van der Waals surface area contributed by atoms with Crippen LogP contribution in [0.2, 0.25) is 0 Å². The zero-order chi connectivity index (χ0) is 12.4. The Morgan fingerprint density at radius 3 is 2.94 bits per heavy atom. The molecule has 1 aromatic rings. The summed E-state index contributed by atoms with van der Waals surface area (Å²) in [5, 5.41) is 8.09. The van der Waals surface area contributed by atoms with E-state index in [2.05, 4.69) is 37.4 Å². The van der Waals surface area contributed by atoms with Gasteiger partial charge in [0, 0.05) is 13.2 Å². The Bertz CT molecular complexity index is 368. The van der Waals surface area contributed by atoms with Crippen molar-refractivity contribution in [1.29, 1.82) is 0 Å². The van der Waals surface area contributed by atoms with Crippen molar-refractivity contribution in [3.05, 3.63) is 17.5 Å². The first-order valence-electron chi connectivity index (χ1n) is 6.85. The van der Waals surface area contributed by atoms with Crippen molar-refractivity contribution in [1.82, 2.24) is 15.1 Å². The van der Waals surface area contributed by atoms with Crippen molar-refractivity contribution in [3.63, 3.8) is 0 Å². The van der Waals surface area contributed by atoms with Crippen molar-refractivity contribution < 1.29 is 0 Å². The second-order valence-corrected chi connectivity index (χ2v) is 5.71. The Hall–Kier alpha value is -0.830. The molecule has 0 saturated heterocycles. The molecule has 1 aliphatic rings. The van der Waals surface area contributed by atoms with E-state index in [1.165, 1.54) is 24.2 Å². The SMILES string of the molecule is CCc1nn(C)cc1C1CC1CNCC(C)C. The molecule has 1 aliphatic carbocycles. The number of aryl methyl sites for hydroxylation is 2. The molecule has 0 amide bonds. The van der Waals surface area contributed by atoms with E-state index in [1.807, 2.05) is 11.7 Å². The second kappa shape index (κ2) is 5.21. The first kappa shape index (κ1) is 12.6. The molecule has 0 spiro atoms. The fourth-order valence-corrected chi connectivity index (χ4v) is 2.55. The van der Waals surface area contributed by atoms with Crippen molar-refractivity contribution >= 4 is 0 Å². The molecule has 2 rings (SSSR count). The maximum atomic E-state index is 4.53. The number of hydrogen-bond donors (Lipinski definition) is 1. The third-order valence-electron chi connectivity index (χ3n) is 3.55. The van der Waals surface area contributed by atoms with Gasteiger partial charge in [-0.2, -0.15) is 5.10 Å². The largest absolute Gasteiger partial charge is 0.316 e. The van der Waals surface area contributed by atoms with Crippen LogP contribution in [-0.2, 0) is 13.5 Å². The third kappa shape index (κ3) is 3.09. The molecule has 0 aromatic carbocycles. The van der Waals surface area contributed by atoms with Crippen molar-refractivity contribution in [2.24, 2.45) is 18.9 Å². The van der Waals surface area contributed by atoms with Crippen LogP contribution < -0.4 is 5.32 Å². The highest BCUT2D eigenvalue weighted by Crippen LogP contribution is 2.48. The van der Waals surface area contributed by atoms with E-state index < -0.39 is 0 Å². The summed E-state index contributed by atoms with van der Waals surface area (Å²) in [5.41, 5.74) is 2.79. The average Bonchev–Trinajstić information content (AvgIpc) is 2.92. The first-order chi connectivity index (χ1) is 8.11. The van der Waals surface area contributed by atoms with E-state index in [9.17, 15) is 0 Å². The van der Waals surface area contributed by atoms with Crippen molar-refractivity contribution in [3.8, 4) is 0 Å². The van der Waals surface area contributed by atoms with Gasteiger partial charge in [0.1, 0.15) is 0 Å². The molecule has 1 heterocycles. The molecule has 2 unspecified atom stereocenters. The number of hydrogen-bond acceptors (Lipinski definition) is 2. The molecular weight excluding hydrogens is 210 g/mol. The molecule has 0 radical (unpaired) electrons. The zero-order valence-corrected chi connectivity index (χ0v) is 11.5. The lowest BCUT2D eigenvalue weighted by atomic mass is 10.1. The van der Waals surface area contributed by atoms with Crippen LogP contribution in [0.4, 0.5) is 0 Å². The van der Waals surface area contributed by atoms with Crippen molar-refractivity contribution in [2.45, 2.75) is 39.5 Å². The Kier molecular flexibility index (Phi) is 3.87. The normalized spacial score (nSPS) is 23.4. The molecule has 1 fully saturated rings. The smallest absolute Gasteiger partial charge is 0.0656 e. The minimum atomic E-state index is 0.747. The molecule has 0 bridgehead atoms. The molecule has 1 aromatic heterocycles. The maximum absolute atomic E-state index is 4.53. The average molecular weight is 235 g/mol. The van der Waals surface area contributed by atoms with Gasteiger partial charge in [-0.25, -0.2) is 0 Å². The van der Waals surface area contributed by atoms with Crippen LogP contribution in [-0.4, -0.2) is 22.9 Å². The van der Waals surface area contributed by atoms with Crippen LogP contribution in [0.15, 0.2) is 6.20 Å². The standard InChI is InChI=1S/C14H25N3/c1-5-14-13(9-17(4)16-14)12-6-11(12)8-15-7-10(2)3/h9-12,15H,5-8H2,1-4H3. The summed E-state index contributed by atoms with van der Waals surface area (Å²) in [5.74, 6) is 2.35. The topological polar surface area (TPSA) is 29.9 Å². The third-order valence-corrected chi connectivity index (χ3v) is 3.55. The molecule has 2 atom stereocenters. The van der Waals surface area contributed by atoms with Gasteiger partial charge in [0.15, 0.2) is 0 Å². The Labute approximate surface area is 105 Å². The number of nitrogens with zero attached hydrogens (tertiary/aromatic N) is 2. The number of rotatable bonds is 6. The highest BCUT2D eigenvalue weighted by Gasteiger charge is 2.39. The summed E-state index contributed by atoms with van der Waals surface area (Å²) in [6, 6.07) is 0. The first-order valence-corrected chi connectivity index (χ1v) is 6.85. The van der Waals surface area contributed by atoms with Crippen LogP contribution in [0, 0.1) is 11.8 Å². The van der Waals surface area contributed by atoms with Crippen LogP contribution in [0.25, 0.3) is 0 Å². The molecule has 3 nitrogen and oxygen atoms in total. The molecule has 1 saturated carbocycles. The van der Waals surface area contributed by atoms with Gasteiger partial charge in [0.2, 0.25) is 0 Å². The van der Waals surface area contributed by atoms with E-state index in [0.717, 1.165) is 30.7 Å². The molecule has 3 heteroatoms. The van der Waals surface area contributed by atoms with Crippen LogP contribution in [0.3, 0.4) is 0 Å². The molecule has 96 valence electrons. The summed E-state index contributed by atoms with van der Waals surface area (Å²) in [6.07, 6.45) is 4.61. The lowest BCUT2D eigenvalue weighted by Gasteiger charge is -2.06. The second-order valence-electron chi connectivity index (χ2n) is 5.71. The van der Waals surface area contributed by atoms with Gasteiger partial charge in [-0.1, -0.05) is 20.8 Å². The quantitative estimate of drug-likeness (QED) is 0.820. The summed E-state index contributed by atoms with van der Waals surface area (Å²) >= 11 is 0. The zero-order valence-electron chi connectivity index (χ0n) is 11.5. The van der Waals surface area contributed by atoms with Gasteiger partial charge in [0.05, 0.1) is 5.69 Å². The Balaban J connectivity index is 1.85. The fraction of sp³-hybridized carbons (Fsp3) is 0.786. The van der Waals surface area contributed by atoms with Crippen LogP contribution >= 0.6 is 0 Å². The summed E-state index contributed by atoms with van der Waals surface area (Å²) in [6.45, 7) is 9.01. The highest BCUT2D eigenvalue weighted by molar-refractivity contribution is 5.28. The van der Waals surface area contributed by atoms with E-state index in [1.54, 1.807) is 0 Å². The minimum Gasteiger partial charge on any atom is -0.316 e. The van der Waals surface area contributed by atoms with Crippen molar-refractivity contribution in [2.75, 3.05) is 13.1 Å². The number of nitrogens with one attached hydrogen (secondary N) is 1. The molecule has 1 N–H and O–H groups in total. The van der Waals surface area contributed by atoms with E-state index >= 15 is 0 Å². The highest BCUT2D eigenvalue weighted by atomic mass is 15.3. The number of aromatic nitrogens is 2. The monoisotopic (exact) mass is 235 g/mol. The fourth-order valence-electron chi connectivity index (χ4n) is 2.55. The Morgan fingerprint density at radius 1 is 1.53 bits per heavy atom. The summed E-state index contributed by atoms with van der Waals surface area (Å²) in [7, 11) is 2.02. The predicted molar refractivity (Wildman–Crippen MR) is 71.1 cm³/mol. The minimum absolute atomic E-state index is 0.747. The van der Waals surface area contributed by atoms with Gasteiger partial charge in [0.25, 0.3) is 0 Å². The summed E-state index contributed by atoms with van der Waals surface area (Å²) in [4.78, 5) is 0. The van der Waals surface area contributed by atoms with Gasteiger partial charge >= 0.3 is 0 Å². The van der Waals surface area contributed by atoms with Gasteiger partial charge in [-0.3, -0.25) is 4.68 Å². The van der Waals surface area contributed by atoms with E-state index in [0.29, 0.717) is 0 Å². The Morgan fingerprint density at radius 2 is 2.29 bits per heavy atom. The van der Waals surface area contributed by atoms with E-state index in [-0.39, 0.29) is 0 Å². The van der Waals surface area contributed by atoms with Crippen LogP contribution in [0.5, 0.6) is 0 Å². The van der Waals surface area contributed by atoms with Gasteiger partial charge < -0.3 is 5.32 Å². The van der Waals surface area contributed by atoms with E-state index in [4.69, 9.17) is 0 Å². The lowest BCUT2D eigenvalue weighted by Crippen LogP contribution is -2.22. The lowest BCUT2D eigenvalue weighted by molar-refractivity contribution is 0.532. The summed E-state index contributed by atoms with van der Waals surface area (Å²) < 4.78 is 1.96. The molecule has 17 heavy (non-hydrogen) atoms. The maximum Gasteiger partial charge on any atom is 0.0656 e. The molecule has 0 aliphatic heterocycles.